The summed E-state index contributed by atoms with van der Waals surface area (Å²) in [5.74, 6) is 2.61. The van der Waals surface area contributed by atoms with Gasteiger partial charge in [-0.15, -0.1) is 0 Å². The molecule has 0 aromatic carbocycles. The molecule has 1 heterocycles. The molecule has 110 valence electrons. The molecule has 2 aliphatic carbocycles. The summed E-state index contributed by atoms with van der Waals surface area (Å²) >= 11 is 0. The van der Waals surface area contributed by atoms with Crippen molar-refractivity contribution in [1.82, 2.24) is 20.0 Å². The topological polar surface area (TPSA) is 50.2 Å². The van der Waals surface area contributed by atoms with Crippen molar-refractivity contribution in [2.45, 2.75) is 32.2 Å². The van der Waals surface area contributed by atoms with Crippen LogP contribution in [-0.4, -0.2) is 40.8 Å². The fraction of sp³-hybridized carbons (Fsp3) is 0.733. The molecular weight excluding hydrogens is 252 g/mol. The lowest BCUT2D eigenvalue weighted by atomic mass is 9.81. The van der Waals surface area contributed by atoms with Crippen molar-refractivity contribution < 1.29 is 4.79 Å². The molecule has 0 radical (unpaired) electrons. The maximum absolute atomic E-state index is 12.0. The highest BCUT2D eigenvalue weighted by atomic mass is 16.2. The molecule has 0 saturated heterocycles. The van der Waals surface area contributed by atoms with Crippen LogP contribution in [0.25, 0.3) is 0 Å². The zero-order valence-electron chi connectivity index (χ0n) is 12.2. The van der Waals surface area contributed by atoms with Crippen molar-refractivity contribution in [2.75, 3.05) is 20.1 Å². The van der Waals surface area contributed by atoms with E-state index in [1.807, 2.05) is 24.0 Å². The molecule has 2 fully saturated rings. The number of carbonyl (C=O) groups excluding carboxylic acids is 1. The van der Waals surface area contributed by atoms with Gasteiger partial charge in [0.25, 0.3) is 0 Å². The maximum atomic E-state index is 12.0. The van der Waals surface area contributed by atoms with E-state index in [9.17, 15) is 4.79 Å². The number of amides is 2. The van der Waals surface area contributed by atoms with E-state index in [-0.39, 0.29) is 6.03 Å². The summed E-state index contributed by atoms with van der Waals surface area (Å²) in [7, 11) is 1.84. The third-order valence-electron chi connectivity index (χ3n) is 4.82. The number of carbonyl (C=O) groups is 1. The molecule has 1 N–H and O–H groups in total. The van der Waals surface area contributed by atoms with Crippen LogP contribution < -0.4 is 5.32 Å². The minimum atomic E-state index is 0.0383. The molecule has 20 heavy (non-hydrogen) atoms. The Morgan fingerprint density at radius 1 is 1.50 bits per heavy atom. The van der Waals surface area contributed by atoms with Gasteiger partial charge in [-0.05, 0) is 30.2 Å². The molecule has 3 rings (SSSR count). The monoisotopic (exact) mass is 276 g/mol. The van der Waals surface area contributed by atoms with E-state index < -0.39 is 0 Å². The minimum absolute atomic E-state index is 0.0383. The largest absolute Gasteiger partial charge is 0.338 e. The van der Waals surface area contributed by atoms with Crippen LogP contribution in [0.5, 0.6) is 0 Å². The standard InChI is InChI=1S/C15H24N4O/c1-18(8-9-19-7-3-6-17-19)15(20)16-11-13-10-14(13)12-4-2-5-12/h3,6-7,12-14H,2,4-5,8-11H2,1H3,(H,16,20)/t13-,14-/m0/s1. The maximum Gasteiger partial charge on any atom is 0.317 e. The zero-order chi connectivity index (χ0) is 13.9. The Kier molecular flexibility index (Phi) is 3.94. The van der Waals surface area contributed by atoms with Crippen molar-refractivity contribution in [3.05, 3.63) is 18.5 Å². The first-order valence-corrected chi connectivity index (χ1v) is 7.70. The smallest absolute Gasteiger partial charge is 0.317 e. The van der Waals surface area contributed by atoms with Crippen molar-refractivity contribution >= 4 is 6.03 Å². The number of hydrogen-bond donors (Lipinski definition) is 1. The van der Waals surface area contributed by atoms with Crippen molar-refractivity contribution in [1.29, 1.82) is 0 Å². The van der Waals surface area contributed by atoms with E-state index in [0.717, 1.165) is 30.8 Å². The van der Waals surface area contributed by atoms with Crippen LogP contribution in [0, 0.1) is 17.8 Å². The summed E-state index contributed by atoms with van der Waals surface area (Å²) in [4.78, 5) is 13.7. The van der Waals surface area contributed by atoms with Crippen LogP contribution in [-0.2, 0) is 6.54 Å². The fourth-order valence-electron chi connectivity index (χ4n) is 3.09. The van der Waals surface area contributed by atoms with Gasteiger partial charge in [0, 0.05) is 32.5 Å². The Balaban J connectivity index is 1.32. The van der Waals surface area contributed by atoms with Gasteiger partial charge in [-0.3, -0.25) is 4.68 Å². The van der Waals surface area contributed by atoms with E-state index >= 15 is 0 Å². The second kappa shape index (κ2) is 5.85. The van der Waals surface area contributed by atoms with Crippen LogP contribution in [0.3, 0.4) is 0 Å². The third kappa shape index (κ3) is 3.14. The molecule has 2 amide bonds. The van der Waals surface area contributed by atoms with Gasteiger partial charge in [-0.25, -0.2) is 4.79 Å². The zero-order valence-corrected chi connectivity index (χ0v) is 12.2. The number of nitrogens with one attached hydrogen (secondary N) is 1. The normalized spacial score (nSPS) is 25.1. The lowest BCUT2D eigenvalue weighted by molar-refractivity contribution is 0.204. The molecular formula is C15H24N4O. The van der Waals surface area contributed by atoms with E-state index in [4.69, 9.17) is 0 Å². The van der Waals surface area contributed by atoms with Gasteiger partial charge in [-0.2, -0.15) is 5.10 Å². The Hall–Kier alpha value is -1.52. The Morgan fingerprint density at radius 2 is 2.35 bits per heavy atom. The van der Waals surface area contributed by atoms with E-state index in [0.29, 0.717) is 6.54 Å². The van der Waals surface area contributed by atoms with Gasteiger partial charge in [-0.1, -0.05) is 19.3 Å². The van der Waals surface area contributed by atoms with E-state index in [1.165, 1.54) is 25.7 Å². The van der Waals surface area contributed by atoms with Gasteiger partial charge < -0.3 is 10.2 Å². The lowest BCUT2D eigenvalue weighted by Gasteiger charge is -2.25. The van der Waals surface area contributed by atoms with Crippen LogP contribution in [0.1, 0.15) is 25.7 Å². The van der Waals surface area contributed by atoms with Crippen molar-refractivity contribution in [2.24, 2.45) is 17.8 Å². The number of hydrogen-bond acceptors (Lipinski definition) is 2. The molecule has 0 unspecified atom stereocenters. The highest BCUT2D eigenvalue weighted by Gasteiger charge is 2.44. The van der Waals surface area contributed by atoms with E-state index in [2.05, 4.69) is 10.4 Å². The molecule has 0 spiro atoms. The summed E-state index contributed by atoms with van der Waals surface area (Å²) in [6.07, 6.45) is 9.24. The van der Waals surface area contributed by atoms with Crippen LogP contribution >= 0.6 is 0 Å². The summed E-state index contributed by atoms with van der Waals surface area (Å²) in [6.45, 7) is 2.28. The van der Waals surface area contributed by atoms with Gasteiger partial charge in [0.05, 0.1) is 6.54 Å². The number of likely N-dealkylation sites (N-methyl/N-ethyl adjacent to an activating group) is 1. The molecule has 0 aliphatic heterocycles. The van der Waals surface area contributed by atoms with Crippen LogP contribution in [0.2, 0.25) is 0 Å². The first-order chi connectivity index (χ1) is 9.74. The average molecular weight is 276 g/mol. The highest BCUT2D eigenvalue weighted by molar-refractivity contribution is 5.73. The first kappa shape index (κ1) is 13.5. The number of rotatable bonds is 6. The second-order valence-electron chi connectivity index (χ2n) is 6.23. The fourth-order valence-corrected chi connectivity index (χ4v) is 3.09. The predicted molar refractivity (Wildman–Crippen MR) is 77.2 cm³/mol. The summed E-state index contributed by atoms with van der Waals surface area (Å²) in [6, 6.07) is 1.93. The summed E-state index contributed by atoms with van der Waals surface area (Å²) < 4.78 is 1.84. The number of aromatic nitrogens is 2. The Labute approximate surface area is 120 Å². The van der Waals surface area contributed by atoms with Crippen molar-refractivity contribution in [3.8, 4) is 0 Å². The molecule has 1 aromatic rings. The number of urea groups is 1. The number of nitrogens with zero attached hydrogens (tertiary/aromatic N) is 3. The lowest BCUT2D eigenvalue weighted by Crippen LogP contribution is -2.40. The molecule has 2 aliphatic rings. The quantitative estimate of drug-likeness (QED) is 0.863. The van der Waals surface area contributed by atoms with Gasteiger partial charge in [0.1, 0.15) is 0 Å². The van der Waals surface area contributed by atoms with Gasteiger partial charge in [0.2, 0.25) is 0 Å². The third-order valence-corrected chi connectivity index (χ3v) is 4.82. The molecule has 5 heteroatoms. The van der Waals surface area contributed by atoms with Gasteiger partial charge >= 0.3 is 6.03 Å². The molecule has 1 aromatic heterocycles. The molecule has 0 bridgehead atoms. The van der Waals surface area contributed by atoms with Crippen molar-refractivity contribution in [3.63, 3.8) is 0 Å². The van der Waals surface area contributed by atoms with Crippen LogP contribution in [0.4, 0.5) is 4.79 Å². The molecule has 5 nitrogen and oxygen atoms in total. The SMILES string of the molecule is CN(CCn1cccn1)C(=O)NC[C@@H]1C[C@H]1C1CCC1. The van der Waals surface area contributed by atoms with Crippen LogP contribution in [0.15, 0.2) is 18.5 Å². The second-order valence-corrected chi connectivity index (χ2v) is 6.23. The summed E-state index contributed by atoms with van der Waals surface area (Å²) in [5, 5.41) is 7.20. The Morgan fingerprint density at radius 3 is 3.00 bits per heavy atom. The minimum Gasteiger partial charge on any atom is -0.338 e. The highest BCUT2D eigenvalue weighted by Crippen LogP contribution is 2.51. The average Bonchev–Trinajstić information content (AvgIpc) is 2.93. The first-order valence-electron chi connectivity index (χ1n) is 7.70. The molecule has 2 atom stereocenters. The predicted octanol–water partition coefficient (Wildman–Crippen LogP) is 1.96. The van der Waals surface area contributed by atoms with Gasteiger partial charge in [0.15, 0.2) is 0 Å². The molecule has 2 saturated carbocycles. The Bertz CT molecular complexity index is 441. The van der Waals surface area contributed by atoms with E-state index in [1.54, 1.807) is 11.1 Å². The summed E-state index contributed by atoms with van der Waals surface area (Å²) in [5.41, 5.74) is 0.